The Morgan fingerprint density at radius 2 is 2.10 bits per heavy atom. The second-order valence-corrected chi connectivity index (χ2v) is 7.98. The van der Waals surface area contributed by atoms with Crippen molar-refractivity contribution in [1.82, 2.24) is 19.7 Å². The molecule has 1 aromatic carbocycles. The largest absolute Gasteiger partial charge is 0.309 e. The van der Waals surface area contributed by atoms with Gasteiger partial charge in [-0.2, -0.15) is 10.4 Å². The van der Waals surface area contributed by atoms with E-state index in [4.69, 9.17) is 5.26 Å². The number of aromatic nitrogens is 3. The van der Waals surface area contributed by atoms with E-state index in [1.54, 1.807) is 12.4 Å². The first kappa shape index (κ1) is 19.2. The Balaban J connectivity index is 1.39. The van der Waals surface area contributed by atoms with E-state index in [1.165, 1.54) is 9.80 Å². The van der Waals surface area contributed by atoms with E-state index in [2.05, 4.69) is 16.1 Å². The molecule has 1 unspecified atom stereocenters. The van der Waals surface area contributed by atoms with E-state index < -0.39 is 11.6 Å². The Labute approximate surface area is 179 Å². The molecule has 0 saturated carbocycles. The molecule has 31 heavy (non-hydrogen) atoms. The standard InChI is InChI=1S/C23H21FN6O/c24-23(8-12-28(15-23)16-25)22(31)29-11-7-18-13-17(4-5-20(18)29)21-6-10-27-30(21)14-19-3-1-2-9-26-19/h1-6,9-10,13H,7-8,11-12,14-15H2. The van der Waals surface area contributed by atoms with E-state index in [9.17, 15) is 4.79 Å². The maximum absolute atomic E-state index is 15.3. The number of amides is 1. The van der Waals surface area contributed by atoms with Crippen molar-refractivity contribution >= 4 is 11.6 Å². The van der Waals surface area contributed by atoms with Gasteiger partial charge in [0.25, 0.3) is 5.91 Å². The first-order valence-electron chi connectivity index (χ1n) is 10.3. The Hall–Kier alpha value is -3.73. The normalized spacial score (nSPS) is 20.0. The highest BCUT2D eigenvalue weighted by Crippen LogP contribution is 2.36. The first-order chi connectivity index (χ1) is 15.1. The van der Waals surface area contributed by atoms with Gasteiger partial charge in [0.2, 0.25) is 5.67 Å². The second kappa shape index (κ2) is 7.51. The molecule has 1 fully saturated rings. The van der Waals surface area contributed by atoms with Gasteiger partial charge in [-0.15, -0.1) is 0 Å². The summed E-state index contributed by atoms with van der Waals surface area (Å²) in [5.74, 6) is -0.544. The van der Waals surface area contributed by atoms with Crippen LogP contribution in [0.25, 0.3) is 11.3 Å². The Morgan fingerprint density at radius 1 is 1.19 bits per heavy atom. The molecule has 0 bridgehead atoms. The number of nitrogens with zero attached hydrogens (tertiary/aromatic N) is 6. The minimum atomic E-state index is -2.00. The Morgan fingerprint density at radius 3 is 2.87 bits per heavy atom. The van der Waals surface area contributed by atoms with Crippen molar-refractivity contribution in [2.75, 3.05) is 24.5 Å². The third-order valence-corrected chi connectivity index (χ3v) is 6.01. The number of fused-ring (bicyclic) bond motifs is 1. The van der Waals surface area contributed by atoms with Gasteiger partial charge in [0.1, 0.15) is 0 Å². The zero-order valence-corrected chi connectivity index (χ0v) is 16.9. The number of anilines is 1. The van der Waals surface area contributed by atoms with Crippen LogP contribution in [0.15, 0.2) is 54.9 Å². The molecular formula is C23H21FN6O. The number of pyridine rings is 1. The highest BCUT2D eigenvalue weighted by molar-refractivity contribution is 6.01. The molecule has 156 valence electrons. The molecule has 0 aliphatic carbocycles. The molecule has 4 heterocycles. The van der Waals surface area contributed by atoms with Crippen LogP contribution in [0, 0.1) is 11.5 Å². The van der Waals surface area contributed by atoms with E-state index >= 15 is 4.39 Å². The maximum atomic E-state index is 15.3. The molecule has 2 aromatic heterocycles. The monoisotopic (exact) mass is 416 g/mol. The summed E-state index contributed by atoms with van der Waals surface area (Å²) in [6.07, 6.45) is 6.18. The van der Waals surface area contributed by atoms with Gasteiger partial charge in [-0.05, 0) is 42.3 Å². The SMILES string of the molecule is N#CN1CCC(F)(C(=O)N2CCc3cc(-c4ccnn4Cc4ccccn4)ccc32)C1. The fraction of sp³-hybridized carbons (Fsp3) is 0.304. The fourth-order valence-electron chi connectivity index (χ4n) is 4.40. The zero-order valence-electron chi connectivity index (χ0n) is 16.9. The number of carbonyl (C=O) groups is 1. The molecular weight excluding hydrogens is 395 g/mol. The van der Waals surface area contributed by atoms with Crippen LogP contribution in [0.2, 0.25) is 0 Å². The number of benzene rings is 1. The Bertz CT molecular complexity index is 1170. The lowest BCUT2D eigenvalue weighted by atomic mass is 10.0. The lowest BCUT2D eigenvalue weighted by molar-refractivity contribution is -0.129. The topological polar surface area (TPSA) is 78.0 Å². The predicted octanol–water partition coefficient (Wildman–Crippen LogP) is 2.78. The molecule has 5 rings (SSSR count). The molecule has 3 aromatic rings. The minimum Gasteiger partial charge on any atom is -0.309 e. The first-order valence-corrected chi connectivity index (χ1v) is 10.3. The molecule has 7 nitrogen and oxygen atoms in total. The average molecular weight is 416 g/mol. The van der Waals surface area contributed by atoms with E-state index in [0.717, 1.165) is 28.2 Å². The number of carbonyl (C=O) groups excluding carboxylic acids is 1. The van der Waals surface area contributed by atoms with Crippen molar-refractivity contribution in [3.8, 4) is 17.5 Å². The average Bonchev–Trinajstić information content (AvgIpc) is 3.52. The van der Waals surface area contributed by atoms with Crippen LogP contribution in [-0.4, -0.2) is 50.9 Å². The number of nitriles is 1. The molecule has 1 saturated heterocycles. The van der Waals surface area contributed by atoms with Crippen LogP contribution in [0.3, 0.4) is 0 Å². The summed E-state index contributed by atoms with van der Waals surface area (Å²) in [7, 11) is 0. The highest BCUT2D eigenvalue weighted by atomic mass is 19.1. The molecule has 8 heteroatoms. The lowest BCUT2D eigenvalue weighted by Crippen LogP contribution is -2.47. The van der Waals surface area contributed by atoms with Crippen LogP contribution in [0.5, 0.6) is 0 Å². The number of rotatable bonds is 4. The van der Waals surface area contributed by atoms with Gasteiger partial charge in [-0.3, -0.25) is 14.5 Å². The van der Waals surface area contributed by atoms with Crippen molar-refractivity contribution in [2.45, 2.75) is 25.1 Å². The summed E-state index contributed by atoms with van der Waals surface area (Å²) in [5, 5.41) is 13.4. The van der Waals surface area contributed by atoms with E-state index in [1.807, 2.05) is 47.3 Å². The van der Waals surface area contributed by atoms with Gasteiger partial charge in [-0.1, -0.05) is 12.1 Å². The summed E-state index contributed by atoms with van der Waals surface area (Å²) < 4.78 is 17.1. The molecule has 0 N–H and O–H groups in total. The number of hydrogen-bond donors (Lipinski definition) is 0. The van der Waals surface area contributed by atoms with Gasteiger partial charge in [0.05, 0.1) is 24.5 Å². The smallest absolute Gasteiger partial charge is 0.266 e. The van der Waals surface area contributed by atoms with Crippen LogP contribution in [-0.2, 0) is 17.8 Å². The third-order valence-electron chi connectivity index (χ3n) is 6.01. The van der Waals surface area contributed by atoms with Gasteiger partial charge in [0, 0.05) is 43.2 Å². The van der Waals surface area contributed by atoms with Crippen LogP contribution >= 0.6 is 0 Å². The Kier molecular flexibility index (Phi) is 4.66. The van der Waals surface area contributed by atoms with Crippen molar-refractivity contribution in [1.29, 1.82) is 5.26 Å². The summed E-state index contributed by atoms with van der Waals surface area (Å²) in [4.78, 5) is 20.2. The molecule has 1 amide bonds. The molecule has 2 aliphatic rings. The van der Waals surface area contributed by atoms with Gasteiger partial charge in [-0.25, -0.2) is 4.39 Å². The predicted molar refractivity (Wildman–Crippen MR) is 113 cm³/mol. The van der Waals surface area contributed by atoms with Crippen LogP contribution < -0.4 is 4.90 Å². The number of hydrogen-bond acceptors (Lipinski definition) is 5. The van der Waals surface area contributed by atoms with Gasteiger partial charge in [0.15, 0.2) is 6.19 Å². The van der Waals surface area contributed by atoms with Gasteiger partial charge >= 0.3 is 0 Å². The highest BCUT2D eigenvalue weighted by Gasteiger charge is 2.48. The molecule has 2 aliphatic heterocycles. The van der Waals surface area contributed by atoms with Crippen molar-refractivity contribution in [2.24, 2.45) is 0 Å². The minimum absolute atomic E-state index is 0.0516. The zero-order chi connectivity index (χ0) is 21.4. The molecule has 0 spiro atoms. The summed E-state index contributed by atoms with van der Waals surface area (Å²) in [5.41, 5.74) is 2.62. The van der Waals surface area contributed by atoms with Crippen molar-refractivity contribution in [3.05, 3.63) is 66.1 Å². The summed E-state index contributed by atoms with van der Waals surface area (Å²) >= 11 is 0. The van der Waals surface area contributed by atoms with Gasteiger partial charge < -0.3 is 9.80 Å². The lowest BCUT2D eigenvalue weighted by Gasteiger charge is -2.25. The quantitative estimate of drug-likeness (QED) is 0.611. The molecule has 0 radical (unpaired) electrons. The summed E-state index contributed by atoms with van der Waals surface area (Å²) in [6, 6.07) is 13.6. The molecule has 1 atom stereocenters. The fourth-order valence-corrected chi connectivity index (χ4v) is 4.40. The number of likely N-dealkylation sites (tertiary alicyclic amines) is 1. The number of halogens is 1. The maximum Gasteiger partial charge on any atom is 0.266 e. The second-order valence-electron chi connectivity index (χ2n) is 7.98. The van der Waals surface area contributed by atoms with Crippen LogP contribution in [0.1, 0.15) is 17.7 Å². The van der Waals surface area contributed by atoms with Crippen molar-refractivity contribution < 1.29 is 9.18 Å². The third kappa shape index (κ3) is 3.42. The number of alkyl halides is 1. The van der Waals surface area contributed by atoms with E-state index in [0.29, 0.717) is 19.5 Å². The summed E-state index contributed by atoms with van der Waals surface area (Å²) in [6.45, 7) is 1.12. The van der Waals surface area contributed by atoms with Crippen molar-refractivity contribution in [3.63, 3.8) is 0 Å². The van der Waals surface area contributed by atoms with E-state index in [-0.39, 0.29) is 19.5 Å². The van der Waals surface area contributed by atoms with Crippen LogP contribution in [0.4, 0.5) is 10.1 Å².